The van der Waals surface area contributed by atoms with Crippen molar-refractivity contribution in [3.63, 3.8) is 0 Å². The monoisotopic (exact) mass is 384 g/mol. The molecule has 0 fully saturated rings. The first-order valence-corrected chi connectivity index (χ1v) is 8.77. The Labute approximate surface area is 160 Å². The van der Waals surface area contributed by atoms with Crippen LogP contribution in [0.5, 0.6) is 0 Å². The van der Waals surface area contributed by atoms with Crippen molar-refractivity contribution in [2.24, 2.45) is 0 Å². The number of benzene rings is 3. The summed E-state index contributed by atoms with van der Waals surface area (Å²) in [5.41, 5.74) is 2.18. The summed E-state index contributed by atoms with van der Waals surface area (Å²) < 4.78 is 27.4. The van der Waals surface area contributed by atoms with E-state index in [-0.39, 0.29) is 18.1 Å². The molecule has 1 N–H and O–H groups in total. The van der Waals surface area contributed by atoms with Crippen LogP contribution in [0.1, 0.15) is 27.7 Å². The number of nitrogens with zero attached hydrogens (tertiary/aromatic N) is 1. The molecule has 136 valence electrons. The van der Waals surface area contributed by atoms with Crippen molar-refractivity contribution in [1.82, 2.24) is 4.90 Å². The molecule has 3 nitrogen and oxygen atoms in total. The number of hydrogen-bond donors (Lipinski definition) is 1. The summed E-state index contributed by atoms with van der Waals surface area (Å²) in [5, 5.41) is 3.58. The lowest BCUT2D eigenvalue weighted by Crippen LogP contribution is -2.32. The molecule has 0 bridgehead atoms. The maximum atomic E-state index is 14.2. The van der Waals surface area contributed by atoms with E-state index in [1.54, 1.807) is 23.1 Å². The maximum absolute atomic E-state index is 14.2. The first kappa shape index (κ1) is 17.5. The molecule has 0 radical (unpaired) electrons. The average Bonchev–Trinajstić information content (AvgIpc) is 2.92. The molecule has 4 rings (SSSR count). The van der Waals surface area contributed by atoms with Gasteiger partial charge in [0.15, 0.2) is 0 Å². The predicted molar refractivity (Wildman–Crippen MR) is 100 cm³/mol. The summed E-state index contributed by atoms with van der Waals surface area (Å²) in [4.78, 5) is 14.5. The Kier molecular flexibility index (Phi) is 4.54. The Bertz CT molecular complexity index is 1020. The van der Waals surface area contributed by atoms with E-state index in [9.17, 15) is 13.6 Å². The highest BCUT2D eigenvalue weighted by atomic mass is 35.5. The fourth-order valence-electron chi connectivity index (χ4n) is 3.25. The van der Waals surface area contributed by atoms with Crippen LogP contribution in [0, 0.1) is 11.6 Å². The van der Waals surface area contributed by atoms with Gasteiger partial charge in [0, 0.05) is 28.8 Å². The second-order valence-electron chi connectivity index (χ2n) is 6.28. The zero-order valence-electron chi connectivity index (χ0n) is 14.1. The molecule has 0 saturated heterocycles. The van der Waals surface area contributed by atoms with Crippen LogP contribution < -0.4 is 5.32 Å². The van der Waals surface area contributed by atoms with E-state index in [0.717, 1.165) is 17.2 Å². The molecule has 0 aliphatic carbocycles. The van der Waals surface area contributed by atoms with Crippen LogP contribution in [0.2, 0.25) is 5.02 Å². The van der Waals surface area contributed by atoms with Gasteiger partial charge in [0.25, 0.3) is 5.91 Å². The number of hydrogen-bond acceptors (Lipinski definition) is 2. The molecule has 1 atom stereocenters. The third-order valence-electron chi connectivity index (χ3n) is 4.58. The zero-order chi connectivity index (χ0) is 19.0. The number of carbonyl (C=O) groups is 1. The second kappa shape index (κ2) is 7.00. The molecule has 0 saturated carbocycles. The average molecular weight is 385 g/mol. The number of carbonyl (C=O) groups excluding carboxylic acids is 1. The Morgan fingerprint density at radius 3 is 2.52 bits per heavy atom. The molecule has 0 aromatic heterocycles. The summed E-state index contributed by atoms with van der Waals surface area (Å²) in [6, 6.07) is 17.7. The van der Waals surface area contributed by atoms with Gasteiger partial charge in [-0.2, -0.15) is 0 Å². The summed E-state index contributed by atoms with van der Waals surface area (Å²) in [6.45, 7) is 0.258. The van der Waals surface area contributed by atoms with E-state index in [4.69, 9.17) is 11.6 Å². The molecule has 1 aliphatic rings. The van der Waals surface area contributed by atoms with Crippen molar-refractivity contribution < 1.29 is 13.6 Å². The third-order valence-corrected chi connectivity index (χ3v) is 4.95. The van der Waals surface area contributed by atoms with E-state index >= 15 is 0 Å². The lowest BCUT2D eigenvalue weighted by molar-refractivity contribution is 0.0728. The third kappa shape index (κ3) is 3.26. The number of amides is 1. The van der Waals surface area contributed by atoms with Crippen LogP contribution in [0.4, 0.5) is 14.5 Å². The van der Waals surface area contributed by atoms with Crippen LogP contribution in [-0.2, 0) is 6.54 Å². The molecule has 0 unspecified atom stereocenters. The Morgan fingerprint density at radius 1 is 1.00 bits per heavy atom. The highest BCUT2D eigenvalue weighted by Crippen LogP contribution is 2.36. The van der Waals surface area contributed by atoms with Gasteiger partial charge in [0.05, 0.1) is 5.69 Å². The number of anilines is 1. The molecule has 3 aromatic rings. The number of fused-ring (bicyclic) bond motifs is 1. The van der Waals surface area contributed by atoms with Crippen LogP contribution >= 0.6 is 11.6 Å². The molecule has 1 heterocycles. The summed E-state index contributed by atoms with van der Waals surface area (Å²) >= 11 is 6.25. The van der Waals surface area contributed by atoms with Gasteiger partial charge in [0.1, 0.15) is 17.8 Å². The molecular formula is C21H15ClF2N2O. The lowest BCUT2D eigenvalue weighted by Gasteiger charge is -2.27. The molecule has 27 heavy (non-hydrogen) atoms. The van der Waals surface area contributed by atoms with Gasteiger partial charge in [-0.3, -0.25) is 4.79 Å². The van der Waals surface area contributed by atoms with E-state index < -0.39 is 17.8 Å². The highest BCUT2D eigenvalue weighted by molar-refractivity contribution is 6.31. The summed E-state index contributed by atoms with van der Waals surface area (Å²) in [5.74, 6) is -1.55. The first-order chi connectivity index (χ1) is 13.0. The van der Waals surface area contributed by atoms with Crippen molar-refractivity contribution in [2.45, 2.75) is 12.7 Å². The van der Waals surface area contributed by atoms with Crippen molar-refractivity contribution in [1.29, 1.82) is 0 Å². The molecule has 1 amide bonds. The van der Waals surface area contributed by atoms with Crippen molar-refractivity contribution in [3.8, 4) is 0 Å². The largest absolute Gasteiger partial charge is 0.359 e. The van der Waals surface area contributed by atoms with Crippen molar-refractivity contribution in [3.05, 3.63) is 100 Å². The fourth-order valence-corrected chi connectivity index (χ4v) is 3.45. The molecule has 1 aliphatic heterocycles. The quantitative estimate of drug-likeness (QED) is 0.654. The van der Waals surface area contributed by atoms with E-state index in [2.05, 4.69) is 5.32 Å². The van der Waals surface area contributed by atoms with E-state index in [0.29, 0.717) is 10.6 Å². The van der Waals surface area contributed by atoms with Crippen molar-refractivity contribution in [2.75, 3.05) is 5.32 Å². The number of nitrogens with one attached hydrogen (secondary N) is 1. The molecule has 0 spiro atoms. The van der Waals surface area contributed by atoms with Crippen LogP contribution in [0.25, 0.3) is 0 Å². The summed E-state index contributed by atoms with van der Waals surface area (Å²) in [7, 11) is 0. The molecular weight excluding hydrogens is 370 g/mol. The number of rotatable bonds is 4. The molecule has 6 heteroatoms. The predicted octanol–water partition coefficient (Wildman–Crippen LogP) is 5.38. The lowest BCUT2D eigenvalue weighted by atomic mass is 10.1. The minimum absolute atomic E-state index is 0.120. The number of halogens is 3. The Morgan fingerprint density at radius 2 is 1.74 bits per heavy atom. The van der Waals surface area contributed by atoms with Crippen LogP contribution in [0.3, 0.4) is 0 Å². The Hall–Kier alpha value is -2.92. The van der Waals surface area contributed by atoms with Gasteiger partial charge in [-0.25, -0.2) is 8.78 Å². The molecule has 3 aromatic carbocycles. The maximum Gasteiger partial charge on any atom is 0.256 e. The van der Waals surface area contributed by atoms with Gasteiger partial charge >= 0.3 is 0 Å². The SMILES string of the molecule is O=C1c2ccccc2[C@@H](Nc2ccc(F)cc2F)N1Cc1ccccc1Cl. The first-order valence-electron chi connectivity index (χ1n) is 8.39. The van der Waals surface area contributed by atoms with Crippen LogP contribution in [0.15, 0.2) is 66.7 Å². The normalized spacial score (nSPS) is 15.7. The van der Waals surface area contributed by atoms with Crippen molar-refractivity contribution >= 4 is 23.2 Å². The van der Waals surface area contributed by atoms with Gasteiger partial charge < -0.3 is 10.2 Å². The Balaban J connectivity index is 1.72. The van der Waals surface area contributed by atoms with E-state index in [1.165, 1.54) is 12.1 Å². The summed E-state index contributed by atoms with van der Waals surface area (Å²) in [6.07, 6.45) is -0.593. The van der Waals surface area contributed by atoms with E-state index in [1.807, 2.05) is 30.3 Å². The minimum Gasteiger partial charge on any atom is -0.359 e. The smallest absolute Gasteiger partial charge is 0.256 e. The van der Waals surface area contributed by atoms with Gasteiger partial charge in [-0.1, -0.05) is 48.0 Å². The van der Waals surface area contributed by atoms with Crippen LogP contribution in [-0.4, -0.2) is 10.8 Å². The fraction of sp³-hybridized carbons (Fsp3) is 0.0952. The second-order valence-corrected chi connectivity index (χ2v) is 6.69. The van der Waals surface area contributed by atoms with Gasteiger partial charge in [-0.15, -0.1) is 0 Å². The van der Waals surface area contributed by atoms with Gasteiger partial charge in [-0.05, 0) is 29.8 Å². The minimum atomic E-state index is -0.718. The topological polar surface area (TPSA) is 32.3 Å². The zero-order valence-corrected chi connectivity index (χ0v) is 14.9. The standard InChI is InChI=1S/C21H15ClF2N2O/c22-17-8-4-1-5-13(17)12-26-20(15-6-2-3-7-16(15)21(26)27)25-19-10-9-14(23)11-18(19)24/h1-11,20,25H,12H2/t20-/m0/s1. The van der Waals surface area contributed by atoms with Gasteiger partial charge in [0.2, 0.25) is 0 Å². The highest BCUT2D eigenvalue weighted by Gasteiger charge is 2.37.